The molecule has 1 fully saturated rings. The van der Waals surface area contributed by atoms with Crippen molar-refractivity contribution in [1.82, 2.24) is 19.5 Å². The fourth-order valence-corrected chi connectivity index (χ4v) is 4.62. The number of halogens is 3. The monoisotopic (exact) mass is 523 g/mol. The van der Waals surface area contributed by atoms with Crippen LogP contribution < -0.4 is 5.32 Å². The van der Waals surface area contributed by atoms with E-state index in [0.717, 1.165) is 30.5 Å². The molecule has 1 atom stereocenters. The van der Waals surface area contributed by atoms with Crippen molar-refractivity contribution in [3.63, 3.8) is 0 Å². The minimum Gasteiger partial charge on any atom is -0.369 e. The summed E-state index contributed by atoms with van der Waals surface area (Å²) in [5, 5.41) is 3.45. The van der Waals surface area contributed by atoms with Gasteiger partial charge in [-0.25, -0.2) is 15.0 Å². The highest BCUT2D eigenvalue weighted by atomic mass is 19.4. The van der Waals surface area contributed by atoms with Crippen molar-refractivity contribution in [3.05, 3.63) is 82.9 Å². The highest BCUT2D eigenvalue weighted by Crippen LogP contribution is 2.33. The first-order chi connectivity index (χ1) is 18.3. The van der Waals surface area contributed by atoms with Gasteiger partial charge in [0.05, 0.1) is 12.2 Å². The van der Waals surface area contributed by atoms with Gasteiger partial charge in [-0.1, -0.05) is 48.9 Å². The molecular formula is C28H28F3N5O2. The summed E-state index contributed by atoms with van der Waals surface area (Å²) in [6.45, 7) is 2.81. The fraction of sp³-hybridized carbons (Fsp3) is 0.357. The molecule has 1 aliphatic rings. The van der Waals surface area contributed by atoms with Gasteiger partial charge in [-0.15, -0.1) is 0 Å². The molecule has 0 spiro atoms. The number of aldehydes is 1. The number of alkyl halides is 3. The Labute approximate surface area is 218 Å². The number of carbonyl (C=O) groups excluding carboxylic acids is 1. The highest BCUT2D eigenvalue weighted by Gasteiger charge is 2.30. The summed E-state index contributed by atoms with van der Waals surface area (Å²) >= 11 is 0. The van der Waals surface area contributed by atoms with E-state index in [1.807, 2.05) is 34.9 Å². The molecule has 4 aromatic rings. The molecule has 2 heterocycles. The maximum Gasteiger partial charge on any atom is 0.416 e. The van der Waals surface area contributed by atoms with E-state index in [9.17, 15) is 18.0 Å². The third kappa shape index (κ3) is 5.70. The first kappa shape index (κ1) is 25.8. The van der Waals surface area contributed by atoms with Crippen molar-refractivity contribution in [2.45, 2.75) is 58.2 Å². The van der Waals surface area contributed by atoms with Crippen LogP contribution in [0, 0.1) is 5.92 Å². The zero-order valence-corrected chi connectivity index (χ0v) is 20.9. The van der Waals surface area contributed by atoms with Gasteiger partial charge < -0.3 is 14.6 Å². The standard InChI is InChI=1S/C28H28F3N5O2/c1-18(21-8-5-9-21)32-26-25-27(34-23(15-37)33-26)35-24(17-38-16-20-6-3-2-4-7-20)36(25)14-19-10-12-22(13-11-19)28(29,30)31/h2-4,6-7,10-13,15,18,21H,5,8-9,14,16-17H2,1H3,(H,32,33,34). The number of fused-ring (bicyclic) bond motifs is 1. The zero-order chi connectivity index (χ0) is 26.7. The normalized spacial score (nSPS) is 14.8. The summed E-state index contributed by atoms with van der Waals surface area (Å²) in [6.07, 6.45) is -0.410. The third-order valence-corrected chi connectivity index (χ3v) is 6.99. The van der Waals surface area contributed by atoms with E-state index in [4.69, 9.17) is 4.74 Å². The Morgan fingerprint density at radius 1 is 1.03 bits per heavy atom. The van der Waals surface area contributed by atoms with Gasteiger partial charge in [-0.3, -0.25) is 4.79 Å². The van der Waals surface area contributed by atoms with Gasteiger partial charge in [0.25, 0.3) is 0 Å². The molecule has 2 aromatic heterocycles. The summed E-state index contributed by atoms with van der Waals surface area (Å²) in [5.74, 6) is 1.52. The lowest BCUT2D eigenvalue weighted by Gasteiger charge is -2.32. The molecule has 198 valence electrons. The van der Waals surface area contributed by atoms with Gasteiger partial charge in [0, 0.05) is 12.6 Å². The van der Waals surface area contributed by atoms with Gasteiger partial charge in [-0.05, 0) is 48.9 Å². The van der Waals surface area contributed by atoms with Gasteiger partial charge in [0.1, 0.15) is 17.9 Å². The molecule has 7 nitrogen and oxygen atoms in total. The Morgan fingerprint density at radius 3 is 2.39 bits per heavy atom. The Balaban J connectivity index is 1.51. The summed E-state index contributed by atoms with van der Waals surface area (Å²) < 4.78 is 47.1. The second kappa shape index (κ2) is 10.9. The highest BCUT2D eigenvalue weighted by molar-refractivity contribution is 5.87. The molecule has 0 amide bonds. The molecule has 0 bridgehead atoms. The molecule has 1 N–H and O–H groups in total. The van der Waals surface area contributed by atoms with Crippen LogP contribution in [0.2, 0.25) is 0 Å². The van der Waals surface area contributed by atoms with Crippen LogP contribution in [0.15, 0.2) is 54.6 Å². The number of benzene rings is 2. The maximum atomic E-state index is 13.1. The van der Waals surface area contributed by atoms with Gasteiger partial charge in [0.15, 0.2) is 23.6 Å². The van der Waals surface area contributed by atoms with Crippen molar-refractivity contribution in [2.75, 3.05) is 5.32 Å². The molecule has 0 saturated heterocycles. The predicted octanol–water partition coefficient (Wildman–Crippen LogP) is 6.02. The minimum atomic E-state index is -4.41. The number of carbonyl (C=O) groups is 1. The van der Waals surface area contributed by atoms with Gasteiger partial charge >= 0.3 is 6.18 Å². The molecule has 38 heavy (non-hydrogen) atoms. The van der Waals surface area contributed by atoms with Crippen LogP contribution in [0.5, 0.6) is 0 Å². The van der Waals surface area contributed by atoms with Crippen LogP contribution in [0.3, 0.4) is 0 Å². The Hall–Kier alpha value is -3.79. The topological polar surface area (TPSA) is 81.9 Å². The molecule has 0 radical (unpaired) electrons. The number of hydrogen-bond donors (Lipinski definition) is 1. The number of hydrogen-bond acceptors (Lipinski definition) is 6. The number of aromatic nitrogens is 4. The second-order valence-corrected chi connectivity index (χ2v) is 9.63. The first-order valence-electron chi connectivity index (χ1n) is 12.6. The summed E-state index contributed by atoms with van der Waals surface area (Å²) in [6, 6.07) is 14.9. The number of nitrogens with one attached hydrogen (secondary N) is 1. The van der Waals surface area contributed by atoms with Crippen LogP contribution in [0.4, 0.5) is 19.0 Å². The van der Waals surface area contributed by atoms with Crippen LogP contribution in [0.1, 0.15) is 59.3 Å². The number of imidazole rings is 1. The van der Waals surface area contributed by atoms with E-state index in [2.05, 4.69) is 27.2 Å². The van der Waals surface area contributed by atoms with E-state index in [0.29, 0.717) is 47.2 Å². The van der Waals surface area contributed by atoms with E-state index in [-0.39, 0.29) is 25.0 Å². The Kier molecular flexibility index (Phi) is 7.42. The second-order valence-electron chi connectivity index (χ2n) is 9.63. The zero-order valence-electron chi connectivity index (χ0n) is 20.9. The summed E-state index contributed by atoms with van der Waals surface area (Å²) in [7, 11) is 0. The van der Waals surface area contributed by atoms with Crippen molar-refractivity contribution in [1.29, 1.82) is 0 Å². The quantitative estimate of drug-likeness (QED) is 0.256. The summed E-state index contributed by atoms with van der Waals surface area (Å²) in [5.41, 5.74) is 1.85. The van der Waals surface area contributed by atoms with Crippen molar-refractivity contribution in [2.24, 2.45) is 5.92 Å². The lowest BCUT2D eigenvalue weighted by Crippen LogP contribution is -2.31. The van der Waals surface area contributed by atoms with Crippen LogP contribution in [0.25, 0.3) is 11.2 Å². The summed E-state index contributed by atoms with van der Waals surface area (Å²) in [4.78, 5) is 25.0. The average Bonchev–Trinajstić information content (AvgIpc) is 3.20. The fourth-order valence-electron chi connectivity index (χ4n) is 4.62. The smallest absolute Gasteiger partial charge is 0.369 e. The Bertz CT molecular complexity index is 1400. The molecular weight excluding hydrogens is 495 g/mol. The van der Waals surface area contributed by atoms with E-state index in [1.165, 1.54) is 18.6 Å². The molecule has 1 unspecified atom stereocenters. The molecule has 5 rings (SSSR count). The molecule has 10 heteroatoms. The Morgan fingerprint density at radius 2 is 1.76 bits per heavy atom. The van der Waals surface area contributed by atoms with E-state index < -0.39 is 11.7 Å². The van der Waals surface area contributed by atoms with Crippen LogP contribution >= 0.6 is 0 Å². The van der Waals surface area contributed by atoms with Crippen LogP contribution in [-0.2, 0) is 30.7 Å². The predicted molar refractivity (Wildman–Crippen MR) is 137 cm³/mol. The van der Waals surface area contributed by atoms with Crippen LogP contribution in [-0.4, -0.2) is 31.8 Å². The SMILES string of the molecule is CC(Nc1nc(C=O)nc2nc(COCc3ccccc3)n(Cc3ccc(C(F)(F)F)cc3)c12)C1CCC1. The number of anilines is 1. The van der Waals surface area contributed by atoms with Gasteiger partial charge in [0.2, 0.25) is 0 Å². The lowest BCUT2D eigenvalue weighted by molar-refractivity contribution is -0.137. The molecule has 0 aliphatic heterocycles. The van der Waals surface area contributed by atoms with E-state index >= 15 is 0 Å². The average molecular weight is 524 g/mol. The molecule has 2 aromatic carbocycles. The van der Waals surface area contributed by atoms with E-state index in [1.54, 1.807) is 0 Å². The van der Waals surface area contributed by atoms with Gasteiger partial charge in [-0.2, -0.15) is 13.2 Å². The number of rotatable bonds is 10. The number of ether oxygens (including phenoxy) is 1. The third-order valence-electron chi connectivity index (χ3n) is 6.99. The number of nitrogens with zero attached hydrogens (tertiary/aromatic N) is 4. The van der Waals surface area contributed by atoms with Crippen molar-refractivity contribution >= 4 is 23.3 Å². The molecule has 1 aliphatic carbocycles. The minimum absolute atomic E-state index is 0.0109. The maximum absolute atomic E-state index is 13.1. The lowest BCUT2D eigenvalue weighted by atomic mass is 9.80. The first-order valence-corrected chi connectivity index (χ1v) is 12.6. The van der Waals surface area contributed by atoms with Crippen molar-refractivity contribution in [3.8, 4) is 0 Å². The van der Waals surface area contributed by atoms with Crippen molar-refractivity contribution < 1.29 is 22.7 Å². The largest absolute Gasteiger partial charge is 0.416 e. The molecule has 1 saturated carbocycles.